The Morgan fingerprint density at radius 2 is 1.95 bits per heavy atom. The minimum Gasteiger partial charge on any atom is -0.335 e. The van der Waals surface area contributed by atoms with Gasteiger partial charge in [-0.3, -0.25) is 9.59 Å². The van der Waals surface area contributed by atoms with E-state index >= 15 is 0 Å². The molecule has 1 aromatic rings. The molecular weight excluding hydrogens is 275 g/mol. The monoisotopic (exact) mass is 287 g/mol. The van der Waals surface area contributed by atoms with Gasteiger partial charge in [-0.2, -0.15) is 13.2 Å². The van der Waals surface area contributed by atoms with Gasteiger partial charge in [0.05, 0.1) is 0 Å². The number of alkyl halides is 3. The lowest BCUT2D eigenvalue weighted by Crippen LogP contribution is -2.46. The van der Waals surface area contributed by atoms with E-state index < -0.39 is 17.8 Å². The van der Waals surface area contributed by atoms with Gasteiger partial charge in [-0.05, 0) is 12.1 Å². The van der Waals surface area contributed by atoms with Crippen molar-refractivity contribution in [2.45, 2.75) is 6.18 Å². The molecule has 1 aliphatic rings. The van der Waals surface area contributed by atoms with E-state index in [1.54, 1.807) is 0 Å². The van der Waals surface area contributed by atoms with Crippen LogP contribution in [-0.2, 0) is 6.18 Å². The highest BCUT2D eigenvalue weighted by molar-refractivity contribution is 5.94. The molecule has 8 heteroatoms. The molecular formula is C12H12F3N3O2. The Hall–Kier alpha value is -1.96. The van der Waals surface area contributed by atoms with Crippen molar-refractivity contribution in [1.29, 1.82) is 0 Å². The van der Waals surface area contributed by atoms with E-state index in [0.29, 0.717) is 32.2 Å². The summed E-state index contributed by atoms with van der Waals surface area (Å²) in [7, 11) is 0. The number of piperazine rings is 1. The largest absolute Gasteiger partial charge is 0.433 e. The zero-order chi connectivity index (χ0) is 14.8. The van der Waals surface area contributed by atoms with Crippen LogP contribution in [0.15, 0.2) is 12.1 Å². The first-order chi connectivity index (χ1) is 9.41. The van der Waals surface area contributed by atoms with Crippen molar-refractivity contribution < 1.29 is 22.8 Å². The Balaban J connectivity index is 2.35. The first-order valence-electron chi connectivity index (χ1n) is 5.96. The van der Waals surface area contributed by atoms with Crippen molar-refractivity contribution in [2.75, 3.05) is 26.2 Å². The third-order valence-electron chi connectivity index (χ3n) is 2.90. The number of rotatable bonds is 2. The van der Waals surface area contributed by atoms with E-state index in [-0.39, 0.29) is 17.5 Å². The number of pyridine rings is 1. The number of hydrogen-bond donors (Lipinski definition) is 1. The minimum absolute atomic E-state index is 0.217. The van der Waals surface area contributed by atoms with Crippen molar-refractivity contribution in [2.24, 2.45) is 0 Å². The molecule has 1 aromatic heterocycles. The summed E-state index contributed by atoms with van der Waals surface area (Å²) in [5.74, 6) is -0.597. The number of aromatic nitrogens is 1. The van der Waals surface area contributed by atoms with Crippen LogP contribution in [0, 0.1) is 0 Å². The van der Waals surface area contributed by atoms with Crippen LogP contribution in [-0.4, -0.2) is 48.3 Å². The number of nitrogens with zero attached hydrogens (tertiary/aromatic N) is 2. The van der Waals surface area contributed by atoms with E-state index in [9.17, 15) is 22.8 Å². The molecule has 0 radical (unpaired) electrons. The predicted molar refractivity (Wildman–Crippen MR) is 63.4 cm³/mol. The molecule has 1 fully saturated rings. The molecule has 1 amide bonds. The van der Waals surface area contributed by atoms with Crippen molar-refractivity contribution in [3.8, 4) is 0 Å². The van der Waals surface area contributed by atoms with E-state index in [1.807, 2.05) is 0 Å². The standard InChI is InChI=1S/C12H12F3N3O2/c13-12(14,15)10-6-8(7-19)5-9(17-10)11(20)18-3-1-16-2-4-18/h5-7,16H,1-4H2. The fourth-order valence-corrected chi connectivity index (χ4v) is 1.90. The number of amides is 1. The fraction of sp³-hybridized carbons (Fsp3) is 0.417. The van der Waals surface area contributed by atoms with Gasteiger partial charge in [-0.15, -0.1) is 0 Å². The third kappa shape index (κ3) is 3.13. The number of nitrogens with one attached hydrogen (secondary N) is 1. The lowest BCUT2D eigenvalue weighted by atomic mass is 10.2. The Bertz CT molecular complexity index is 525. The summed E-state index contributed by atoms with van der Waals surface area (Å²) in [6.45, 7) is 1.94. The normalized spacial score (nSPS) is 16.1. The maximum atomic E-state index is 12.7. The lowest BCUT2D eigenvalue weighted by Gasteiger charge is -2.27. The van der Waals surface area contributed by atoms with Gasteiger partial charge < -0.3 is 10.2 Å². The molecule has 1 N–H and O–H groups in total. The maximum absolute atomic E-state index is 12.7. The molecule has 0 bridgehead atoms. The molecule has 0 aliphatic carbocycles. The van der Waals surface area contributed by atoms with Crippen molar-refractivity contribution in [3.05, 3.63) is 29.1 Å². The molecule has 0 aromatic carbocycles. The van der Waals surface area contributed by atoms with Gasteiger partial charge in [0.1, 0.15) is 17.7 Å². The molecule has 0 spiro atoms. The van der Waals surface area contributed by atoms with Gasteiger partial charge in [-0.1, -0.05) is 0 Å². The van der Waals surface area contributed by atoms with E-state index in [0.717, 1.165) is 6.07 Å². The molecule has 5 nitrogen and oxygen atoms in total. The Morgan fingerprint density at radius 3 is 2.50 bits per heavy atom. The molecule has 2 rings (SSSR count). The van der Waals surface area contributed by atoms with Crippen LogP contribution < -0.4 is 5.32 Å². The first kappa shape index (κ1) is 14.4. The second-order valence-electron chi connectivity index (χ2n) is 4.33. The van der Waals surface area contributed by atoms with Gasteiger partial charge in [-0.25, -0.2) is 4.98 Å². The van der Waals surface area contributed by atoms with Gasteiger partial charge in [0.25, 0.3) is 5.91 Å². The summed E-state index contributed by atoms with van der Waals surface area (Å²) in [4.78, 5) is 27.5. The van der Waals surface area contributed by atoms with E-state index in [2.05, 4.69) is 10.3 Å². The van der Waals surface area contributed by atoms with Gasteiger partial charge in [0, 0.05) is 31.7 Å². The summed E-state index contributed by atoms with van der Waals surface area (Å²) in [5.41, 5.74) is -1.81. The second-order valence-corrected chi connectivity index (χ2v) is 4.33. The average Bonchev–Trinajstić information content (AvgIpc) is 2.46. The zero-order valence-electron chi connectivity index (χ0n) is 10.4. The summed E-state index contributed by atoms with van der Waals surface area (Å²) in [6.07, 6.45) is -4.43. The van der Waals surface area contributed by atoms with Crippen LogP contribution in [0.5, 0.6) is 0 Å². The van der Waals surface area contributed by atoms with Crippen molar-refractivity contribution in [1.82, 2.24) is 15.2 Å². The van der Waals surface area contributed by atoms with Crippen LogP contribution in [0.1, 0.15) is 26.5 Å². The fourth-order valence-electron chi connectivity index (χ4n) is 1.90. The molecule has 0 saturated carbocycles. The number of carbonyl (C=O) groups excluding carboxylic acids is 2. The zero-order valence-corrected chi connectivity index (χ0v) is 10.4. The van der Waals surface area contributed by atoms with Gasteiger partial charge in [0.2, 0.25) is 0 Å². The van der Waals surface area contributed by atoms with E-state index in [1.165, 1.54) is 4.90 Å². The topological polar surface area (TPSA) is 62.3 Å². The van der Waals surface area contributed by atoms with Crippen LogP contribution in [0.4, 0.5) is 13.2 Å². The SMILES string of the molecule is O=Cc1cc(C(=O)N2CCNCC2)nc(C(F)(F)F)c1. The Kier molecular flexibility index (Phi) is 4.03. The second kappa shape index (κ2) is 5.58. The predicted octanol–water partition coefficient (Wildman–Crippen LogP) is 0.958. The molecule has 1 aliphatic heterocycles. The van der Waals surface area contributed by atoms with Gasteiger partial charge >= 0.3 is 6.18 Å². The van der Waals surface area contributed by atoms with Crippen LogP contribution in [0.3, 0.4) is 0 Å². The number of carbonyl (C=O) groups is 2. The number of aldehydes is 1. The van der Waals surface area contributed by atoms with Crippen LogP contribution in [0.2, 0.25) is 0 Å². The minimum atomic E-state index is -4.70. The highest BCUT2D eigenvalue weighted by Gasteiger charge is 2.34. The highest BCUT2D eigenvalue weighted by Crippen LogP contribution is 2.28. The highest BCUT2D eigenvalue weighted by atomic mass is 19.4. The first-order valence-corrected chi connectivity index (χ1v) is 5.96. The Labute approximate surface area is 112 Å². The summed E-state index contributed by atoms with van der Waals surface area (Å²) in [5, 5.41) is 3.03. The summed E-state index contributed by atoms with van der Waals surface area (Å²) >= 11 is 0. The van der Waals surface area contributed by atoms with Crippen LogP contribution >= 0.6 is 0 Å². The molecule has 0 atom stereocenters. The summed E-state index contributed by atoms with van der Waals surface area (Å²) < 4.78 is 38.0. The van der Waals surface area contributed by atoms with Crippen molar-refractivity contribution >= 4 is 12.2 Å². The van der Waals surface area contributed by atoms with E-state index in [4.69, 9.17) is 0 Å². The smallest absolute Gasteiger partial charge is 0.335 e. The molecule has 0 unspecified atom stereocenters. The third-order valence-corrected chi connectivity index (χ3v) is 2.90. The quantitative estimate of drug-likeness (QED) is 0.823. The lowest BCUT2D eigenvalue weighted by molar-refractivity contribution is -0.141. The Morgan fingerprint density at radius 1 is 1.30 bits per heavy atom. The summed E-state index contributed by atoms with van der Waals surface area (Å²) in [6, 6.07) is 1.70. The van der Waals surface area contributed by atoms with Crippen LogP contribution in [0.25, 0.3) is 0 Å². The van der Waals surface area contributed by atoms with Crippen molar-refractivity contribution in [3.63, 3.8) is 0 Å². The molecule has 1 saturated heterocycles. The van der Waals surface area contributed by atoms with Gasteiger partial charge in [0.15, 0.2) is 0 Å². The molecule has 20 heavy (non-hydrogen) atoms. The number of hydrogen-bond acceptors (Lipinski definition) is 4. The average molecular weight is 287 g/mol. The molecule has 108 valence electrons. The molecule has 2 heterocycles. The number of halogens is 3. The maximum Gasteiger partial charge on any atom is 0.433 e.